The fourth-order valence-electron chi connectivity index (χ4n) is 1.55. The Morgan fingerprint density at radius 1 is 1.58 bits per heavy atom. The van der Waals surface area contributed by atoms with Crippen molar-refractivity contribution in [3.63, 3.8) is 0 Å². The Bertz CT molecular complexity index is 438. The van der Waals surface area contributed by atoms with Crippen LogP contribution in [-0.2, 0) is 11.3 Å². The third-order valence-electron chi connectivity index (χ3n) is 2.67. The highest BCUT2D eigenvalue weighted by atomic mass is 19.1. The molecule has 5 nitrogen and oxygen atoms in total. The van der Waals surface area contributed by atoms with Crippen LogP contribution in [0.3, 0.4) is 0 Å². The van der Waals surface area contributed by atoms with E-state index in [0.29, 0.717) is 30.9 Å². The first kappa shape index (κ1) is 15.4. The van der Waals surface area contributed by atoms with Gasteiger partial charge in [-0.25, -0.2) is 4.39 Å². The standard InChI is InChI=1S/C13H20FN3O2/c1-3-19-8-9(2)16-7-11-5-4-10(6-12(11)14)13(15)17-18/h4-6,9,16,18H,3,7-8H2,1-2H3,(H2,15,17). The molecule has 19 heavy (non-hydrogen) atoms. The molecule has 0 aliphatic carbocycles. The molecule has 1 rings (SSSR count). The van der Waals surface area contributed by atoms with E-state index in [9.17, 15) is 4.39 Å². The number of oxime groups is 1. The zero-order valence-electron chi connectivity index (χ0n) is 11.2. The van der Waals surface area contributed by atoms with E-state index >= 15 is 0 Å². The fraction of sp³-hybridized carbons (Fsp3) is 0.462. The van der Waals surface area contributed by atoms with Crippen LogP contribution in [0.4, 0.5) is 4.39 Å². The van der Waals surface area contributed by atoms with E-state index in [0.717, 1.165) is 0 Å². The van der Waals surface area contributed by atoms with Crippen LogP contribution in [0.5, 0.6) is 0 Å². The minimum absolute atomic E-state index is 0.108. The molecule has 0 bridgehead atoms. The maximum Gasteiger partial charge on any atom is 0.170 e. The van der Waals surface area contributed by atoms with Crippen molar-refractivity contribution in [2.45, 2.75) is 26.4 Å². The predicted octanol–water partition coefficient (Wildman–Crippen LogP) is 1.43. The number of benzene rings is 1. The van der Waals surface area contributed by atoms with Gasteiger partial charge in [0, 0.05) is 30.3 Å². The van der Waals surface area contributed by atoms with Gasteiger partial charge in [-0.2, -0.15) is 0 Å². The van der Waals surface area contributed by atoms with Crippen molar-refractivity contribution in [2.24, 2.45) is 10.9 Å². The van der Waals surface area contributed by atoms with Gasteiger partial charge < -0.3 is 21.0 Å². The third kappa shape index (κ3) is 4.84. The number of hydrogen-bond acceptors (Lipinski definition) is 4. The molecular formula is C13H20FN3O2. The lowest BCUT2D eigenvalue weighted by Gasteiger charge is -2.14. The molecule has 0 aliphatic heterocycles. The first-order chi connectivity index (χ1) is 9.08. The number of nitrogens with two attached hydrogens (primary N) is 1. The monoisotopic (exact) mass is 269 g/mol. The molecule has 0 saturated heterocycles. The summed E-state index contributed by atoms with van der Waals surface area (Å²) in [5, 5.41) is 14.5. The summed E-state index contributed by atoms with van der Waals surface area (Å²) in [6.45, 7) is 5.54. The van der Waals surface area contributed by atoms with Gasteiger partial charge in [-0.05, 0) is 19.9 Å². The molecule has 0 amide bonds. The molecule has 1 unspecified atom stereocenters. The average molecular weight is 269 g/mol. The van der Waals surface area contributed by atoms with Crippen LogP contribution in [0, 0.1) is 5.82 Å². The van der Waals surface area contributed by atoms with E-state index in [4.69, 9.17) is 15.7 Å². The quantitative estimate of drug-likeness (QED) is 0.303. The van der Waals surface area contributed by atoms with E-state index in [2.05, 4.69) is 10.5 Å². The van der Waals surface area contributed by atoms with Crippen molar-refractivity contribution in [3.05, 3.63) is 35.1 Å². The Hall–Kier alpha value is -1.66. The van der Waals surface area contributed by atoms with Gasteiger partial charge in [-0.3, -0.25) is 0 Å². The number of halogens is 1. The van der Waals surface area contributed by atoms with E-state index in [1.165, 1.54) is 6.07 Å². The summed E-state index contributed by atoms with van der Waals surface area (Å²) in [6, 6.07) is 4.62. The number of amidine groups is 1. The molecule has 4 N–H and O–H groups in total. The van der Waals surface area contributed by atoms with Crippen LogP contribution in [0.2, 0.25) is 0 Å². The maximum atomic E-state index is 13.8. The zero-order chi connectivity index (χ0) is 14.3. The summed E-state index contributed by atoms with van der Waals surface area (Å²) < 4.78 is 19.0. The Morgan fingerprint density at radius 3 is 2.89 bits per heavy atom. The Labute approximate surface area is 112 Å². The van der Waals surface area contributed by atoms with Crippen molar-refractivity contribution < 1.29 is 14.3 Å². The molecule has 0 aliphatic rings. The number of nitrogens with zero attached hydrogens (tertiary/aromatic N) is 1. The van der Waals surface area contributed by atoms with Crippen LogP contribution in [0.1, 0.15) is 25.0 Å². The van der Waals surface area contributed by atoms with Crippen LogP contribution in [0.25, 0.3) is 0 Å². The van der Waals surface area contributed by atoms with Crippen molar-refractivity contribution in [2.75, 3.05) is 13.2 Å². The smallest absolute Gasteiger partial charge is 0.170 e. The summed E-state index contributed by atoms with van der Waals surface area (Å²) >= 11 is 0. The predicted molar refractivity (Wildman–Crippen MR) is 71.7 cm³/mol. The number of nitrogens with one attached hydrogen (secondary N) is 1. The molecule has 0 aromatic heterocycles. The second kappa shape index (κ2) is 7.70. The van der Waals surface area contributed by atoms with Gasteiger partial charge in [-0.15, -0.1) is 0 Å². The summed E-state index contributed by atoms with van der Waals surface area (Å²) in [5.74, 6) is -0.497. The van der Waals surface area contributed by atoms with Crippen molar-refractivity contribution in [3.8, 4) is 0 Å². The molecule has 0 fully saturated rings. The lowest BCUT2D eigenvalue weighted by molar-refractivity contribution is 0.127. The fourth-order valence-corrected chi connectivity index (χ4v) is 1.55. The first-order valence-corrected chi connectivity index (χ1v) is 6.16. The second-order valence-electron chi connectivity index (χ2n) is 4.23. The molecule has 0 heterocycles. The minimum atomic E-state index is -0.389. The molecule has 6 heteroatoms. The molecule has 0 spiro atoms. The molecular weight excluding hydrogens is 249 g/mol. The van der Waals surface area contributed by atoms with Crippen LogP contribution >= 0.6 is 0 Å². The lowest BCUT2D eigenvalue weighted by atomic mass is 10.1. The number of rotatable bonds is 7. The summed E-state index contributed by atoms with van der Waals surface area (Å²) in [6.07, 6.45) is 0. The van der Waals surface area contributed by atoms with Gasteiger partial charge >= 0.3 is 0 Å². The van der Waals surface area contributed by atoms with Crippen LogP contribution in [-0.4, -0.2) is 30.3 Å². The number of ether oxygens (including phenoxy) is 1. The van der Waals surface area contributed by atoms with E-state index < -0.39 is 0 Å². The van der Waals surface area contributed by atoms with Gasteiger partial charge in [0.05, 0.1) is 6.61 Å². The van der Waals surface area contributed by atoms with Gasteiger partial charge in [-0.1, -0.05) is 17.3 Å². The summed E-state index contributed by atoms with van der Waals surface area (Å²) in [7, 11) is 0. The normalized spacial score (nSPS) is 13.5. The van der Waals surface area contributed by atoms with E-state index in [1.807, 2.05) is 13.8 Å². The molecule has 0 saturated carbocycles. The highest BCUT2D eigenvalue weighted by Crippen LogP contribution is 2.10. The largest absolute Gasteiger partial charge is 0.409 e. The molecule has 0 radical (unpaired) electrons. The Balaban J connectivity index is 2.60. The Kier molecular flexibility index (Phi) is 6.24. The van der Waals surface area contributed by atoms with Crippen molar-refractivity contribution >= 4 is 5.84 Å². The van der Waals surface area contributed by atoms with Crippen molar-refractivity contribution in [1.29, 1.82) is 0 Å². The first-order valence-electron chi connectivity index (χ1n) is 6.16. The Morgan fingerprint density at radius 2 is 2.32 bits per heavy atom. The maximum absolute atomic E-state index is 13.8. The summed E-state index contributed by atoms with van der Waals surface area (Å²) in [5.41, 5.74) is 6.27. The van der Waals surface area contributed by atoms with Crippen LogP contribution < -0.4 is 11.1 Å². The third-order valence-corrected chi connectivity index (χ3v) is 2.67. The van der Waals surface area contributed by atoms with E-state index in [1.54, 1.807) is 12.1 Å². The summed E-state index contributed by atoms with van der Waals surface area (Å²) in [4.78, 5) is 0. The van der Waals surface area contributed by atoms with Gasteiger partial charge in [0.2, 0.25) is 0 Å². The van der Waals surface area contributed by atoms with Crippen LogP contribution in [0.15, 0.2) is 23.4 Å². The second-order valence-corrected chi connectivity index (χ2v) is 4.23. The molecule has 106 valence electrons. The van der Waals surface area contributed by atoms with Gasteiger partial charge in [0.15, 0.2) is 5.84 Å². The minimum Gasteiger partial charge on any atom is -0.409 e. The lowest BCUT2D eigenvalue weighted by Crippen LogP contribution is -2.30. The van der Waals surface area contributed by atoms with Gasteiger partial charge in [0.1, 0.15) is 5.82 Å². The van der Waals surface area contributed by atoms with E-state index in [-0.39, 0.29) is 17.7 Å². The topological polar surface area (TPSA) is 79.9 Å². The zero-order valence-corrected chi connectivity index (χ0v) is 11.2. The van der Waals surface area contributed by atoms with Crippen molar-refractivity contribution in [1.82, 2.24) is 5.32 Å². The molecule has 1 atom stereocenters. The molecule has 1 aromatic carbocycles. The molecule has 1 aromatic rings. The highest BCUT2D eigenvalue weighted by Gasteiger charge is 2.08. The highest BCUT2D eigenvalue weighted by molar-refractivity contribution is 5.97. The number of hydrogen-bond donors (Lipinski definition) is 3. The van der Waals surface area contributed by atoms with Gasteiger partial charge in [0.25, 0.3) is 0 Å². The SMILES string of the molecule is CCOCC(C)NCc1ccc(C(N)=NO)cc1F. The average Bonchev–Trinajstić information content (AvgIpc) is 2.42.